The fourth-order valence-electron chi connectivity index (χ4n) is 4.91. The lowest BCUT2D eigenvalue weighted by molar-refractivity contribution is -0.121. The minimum atomic E-state index is -1.45. The van der Waals surface area contributed by atoms with E-state index in [1.54, 1.807) is 12.1 Å². The Morgan fingerprint density at radius 1 is 1.07 bits per heavy atom. The van der Waals surface area contributed by atoms with Gasteiger partial charge < -0.3 is 4.90 Å². The predicted molar refractivity (Wildman–Crippen MR) is 106 cm³/mol. The highest BCUT2D eigenvalue weighted by atomic mass is 19.1. The van der Waals surface area contributed by atoms with Gasteiger partial charge in [-0.1, -0.05) is 42.5 Å². The average molecular weight is 383 g/mol. The van der Waals surface area contributed by atoms with E-state index in [1.165, 1.54) is 12.1 Å². The molecule has 2 aliphatic heterocycles. The van der Waals surface area contributed by atoms with Gasteiger partial charge >= 0.3 is 0 Å². The highest BCUT2D eigenvalue weighted by molar-refractivity contribution is 5.95. The molecule has 4 nitrogen and oxygen atoms in total. The molecule has 2 heterocycles. The lowest BCUT2D eigenvalue weighted by Gasteiger charge is -2.35. The Hall–Kier alpha value is -3.44. The van der Waals surface area contributed by atoms with Crippen LogP contribution < -0.4 is 4.90 Å². The summed E-state index contributed by atoms with van der Waals surface area (Å²) in [5.41, 5.74) is 1.02. The Balaban J connectivity index is 1.76. The molecule has 2 fully saturated rings. The number of hydrogen-bond acceptors (Lipinski definition) is 4. The van der Waals surface area contributed by atoms with Crippen molar-refractivity contribution in [3.05, 3.63) is 71.6 Å². The van der Waals surface area contributed by atoms with Crippen molar-refractivity contribution < 1.29 is 9.18 Å². The van der Waals surface area contributed by atoms with Crippen LogP contribution in [0.2, 0.25) is 0 Å². The first-order valence-electron chi connectivity index (χ1n) is 9.78. The van der Waals surface area contributed by atoms with Crippen LogP contribution in [0, 0.1) is 39.8 Å². The lowest BCUT2D eigenvalue weighted by Crippen LogP contribution is -2.44. The first-order chi connectivity index (χ1) is 14.1. The fourth-order valence-corrected chi connectivity index (χ4v) is 4.91. The van der Waals surface area contributed by atoms with Crippen LogP contribution in [-0.4, -0.2) is 17.9 Å². The number of Topliss-reactive ketones (excluding diaryl/α,β-unsaturated/α-hetero) is 1. The number of nitriles is 2. The lowest BCUT2D eigenvalue weighted by atomic mass is 9.69. The van der Waals surface area contributed by atoms with Gasteiger partial charge in [-0.3, -0.25) is 4.79 Å². The van der Waals surface area contributed by atoms with Crippen molar-refractivity contribution in [2.24, 2.45) is 11.3 Å². The van der Waals surface area contributed by atoms with Crippen LogP contribution >= 0.6 is 0 Å². The number of ketones is 1. The second-order valence-corrected chi connectivity index (χ2v) is 8.01. The van der Waals surface area contributed by atoms with Crippen molar-refractivity contribution in [2.45, 2.75) is 30.8 Å². The van der Waals surface area contributed by atoms with E-state index in [0.29, 0.717) is 5.56 Å². The Kier molecular flexibility index (Phi) is 3.83. The van der Waals surface area contributed by atoms with E-state index in [4.69, 9.17) is 0 Å². The molecule has 0 radical (unpaired) electrons. The molecule has 1 saturated heterocycles. The molecule has 2 aromatic carbocycles. The van der Waals surface area contributed by atoms with Crippen molar-refractivity contribution in [2.75, 3.05) is 4.90 Å². The largest absolute Gasteiger partial charge is 0.351 e. The molecule has 3 atom stereocenters. The zero-order valence-electron chi connectivity index (χ0n) is 15.6. The van der Waals surface area contributed by atoms with Crippen LogP contribution in [-0.2, 0) is 4.79 Å². The summed E-state index contributed by atoms with van der Waals surface area (Å²) in [5, 5.41) is 20.5. The number of carbonyl (C=O) groups excluding carboxylic acids is 1. The second-order valence-electron chi connectivity index (χ2n) is 8.01. The molecule has 2 aromatic rings. The van der Waals surface area contributed by atoms with E-state index in [-0.39, 0.29) is 17.5 Å². The predicted octanol–water partition coefficient (Wildman–Crippen LogP) is 4.21. The molecule has 1 aliphatic carbocycles. The maximum Gasteiger partial charge on any atom is 0.176 e. The number of hydrogen-bond donors (Lipinski definition) is 0. The third-order valence-corrected chi connectivity index (χ3v) is 6.42. The molecule has 0 unspecified atom stereocenters. The SMILES string of the molecule is N#CC1(C#N)[C@H](c2ccc(F)cc2)[C@@H](C(=O)C2CC2)N2c3ccccc3C=C[C@H]21. The summed E-state index contributed by atoms with van der Waals surface area (Å²) in [6.07, 6.45) is 5.47. The number of carbonyl (C=O) groups is 1. The topological polar surface area (TPSA) is 67.9 Å². The Bertz CT molecular complexity index is 1090. The van der Waals surface area contributed by atoms with Gasteiger partial charge in [0.1, 0.15) is 5.82 Å². The van der Waals surface area contributed by atoms with Gasteiger partial charge in [0, 0.05) is 17.5 Å². The minimum Gasteiger partial charge on any atom is -0.351 e. The fraction of sp³-hybridized carbons (Fsp3) is 0.292. The zero-order valence-corrected chi connectivity index (χ0v) is 15.6. The maximum absolute atomic E-state index is 13.6. The quantitative estimate of drug-likeness (QED) is 0.796. The van der Waals surface area contributed by atoms with Crippen LogP contribution in [0.4, 0.5) is 10.1 Å². The van der Waals surface area contributed by atoms with Gasteiger partial charge in [-0.25, -0.2) is 4.39 Å². The summed E-state index contributed by atoms with van der Waals surface area (Å²) in [6, 6.07) is 16.9. The summed E-state index contributed by atoms with van der Waals surface area (Å²) >= 11 is 0. The van der Waals surface area contributed by atoms with Gasteiger partial charge in [0.15, 0.2) is 11.2 Å². The van der Waals surface area contributed by atoms with E-state index in [1.807, 2.05) is 41.3 Å². The number of para-hydroxylation sites is 1. The smallest absolute Gasteiger partial charge is 0.176 e. The van der Waals surface area contributed by atoms with Crippen molar-refractivity contribution in [1.82, 2.24) is 0 Å². The first-order valence-corrected chi connectivity index (χ1v) is 9.78. The number of benzene rings is 2. The molecule has 0 spiro atoms. The molecule has 3 aliphatic rings. The van der Waals surface area contributed by atoms with Gasteiger partial charge in [0.25, 0.3) is 0 Å². The highest BCUT2D eigenvalue weighted by Crippen LogP contribution is 2.56. The van der Waals surface area contributed by atoms with E-state index in [2.05, 4.69) is 12.1 Å². The number of nitrogens with zero attached hydrogens (tertiary/aromatic N) is 3. The van der Waals surface area contributed by atoms with Gasteiger partial charge in [-0.2, -0.15) is 10.5 Å². The standard InChI is InChI=1S/C24H18FN3O/c25-18-10-7-16(8-11-18)21-22(23(29)17-5-6-17)28-19-4-2-1-3-15(19)9-12-20(28)24(21,13-26)14-27/h1-4,7-12,17,20-22H,5-6H2/t20-,21+,22-/m0/s1. The second kappa shape index (κ2) is 6.29. The zero-order chi connectivity index (χ0) is 20.2. The van der Waals surface area contributed by atoms with Crippen LogP contribution in [0.25, 0.3) is 6.08 Å². The average Bonchev–Trinajstić information content (AvgIpc) is 3.56. The summed E-state index contributed by atoms with van der Waals surface area (Å²) in [4.78, 5) is 15.5. The van der Waals surface area contributed by atoms with Crippen LogP contribution in [0.3, 0.4) is 0 Å². The Labute approximate surface area is 168 Å². The van der Waals surface area contributed by atoms with Gasteiger partial charge in [0.2, 0.25) is 0 Å². The molecule has 1 saturated carbocycles. The third kappa shape index (κ3) is 2.44. The van der Waals surface area contributed by atoms with Crippen molar-refractivity contribution >= 4 is 17.5 Å². The normalized spacial score (nSPS) is 26.2. The maximum atomic E-state index is 13.6. The molecular formula is C24H18FN3O. The molecule has 29 heavy (non-hydrogen) atoms. The summed E-state index contributed by atoms with van der Waals surface area (Å²) in [7, 11) is 0. The summed E-state index contributed by atoms with van der Waals surface area (Å²) < 4.78 is 13.6. The number of halogens is 1. The van der Waals surface area contributed by atoms with Crippen molar-refractivity contribution in [3.63, 3.8) is 0 Å². The van der Waals surface area contributed by atoms with Crippen LogP contribution in [0.5, 0.6) is 0 Å². The summed E-state index contributed by atoms with van der Waals surface area (Å²) in [5.74, 6) is -1.01. The minimum absolute atomic E-state index is 0.0325. The molecule has 5 rings (SSSR count). The Morgan fingerprint density at radius 3 is 2.41 bits per heavy atom. The third-order valence-electron chi connectivity index (χ3n) is 6.42. The number of anilines is 1. The molecule has 0 bridgehead atoms. The van der Waals surface area contributed by atoms with Crippen LogP contribution in [0.1, 0.15) is 29.9 Å². The monoisotopic (exact) mass is 383 g/mol. The van der Waals surface area contributed by atoms with E-state index < -0.39 is 23.4 Å². The van der Waals surface area contributed by atoms with E-state index >= 15 is 0 Å². The summed E-state index contributed by atoms with van der Waals surface area (Å²) in [6.45, 7) is 0. The molecular weight excluding hydrogens is 365 g/mol. The first kappa shape index (κ1) is 17.6. The van der Waals surface area contributed by atoms with Crippen molar-refractivity contribution in [3.8, 4) is 12.1 Å². The Morgan fingerprint density at radius 2 is 1.76 bits per heavy atom. The van der Waals surface area contributed by atoms with Gasteiger partial charge in [-0.15, -0.1) is 0 Å². The van der Waals surface area contributed by atoms with E-state index in [0.717, 1.165) is 24.1 Å². The molecule has 142 valence electrons. The van der Waals surface area contributed by atoms with Crippen LogP contribution in [0.15, 0.2) is 54.6 Å². The molecule has 0 amide bonds. The molecule has 0 aromatic heterocycles. The highest BCUT2D eigenvalue weighted by Gasteiger charge is 2.64. The molecule has 5 heteroatoms. The van der Waals surface area contributed by atoms with E-state index in [9.17, 15) is 19.7 Å². The molecule has 0 N–H and O–H groups in total. The number of fused-ring (bicyclic) bond motifs is 3. The number of rotatable bonds is 3. The van der Waals surface area contributed by atoms with Gasteiger partial charge in [-0.05, 0) is 42.2 Å². The van der Waals surface area contributed by atoms with Gasteiger partial charge in [0.05, 0.1) is 24.2 Å². The van der Waals surface area contributed by atoms with Crippen molar-refractivity contribution in [1.29, 1.82) is 10.5 Å².